The summed E-state index contributed by atoms with van der Waals surface area (Å²) in [6.07, 6.45) is 7.44. The van der Waals surface area contributed by atoms with Gasteiger partial charge >= 0.3 is 0 Å². The van der Waals surface area contributed by atoms with Crippen molar-refractivity contribution in [1.82, 2.24) is 9.78 Å². The zero-order valence-corrected chi connectivity index (χ0v) is 12.2. The lowest BCUT2D eigenvalue weighted by Crippen LogP contribution is -2.22. The fourth-order valence-electron chi connectivity index (χ4n) is 2.89. The highest BCUT2D eigenvalue weighted by Crippen LogP contribution is 2.39. The number of aliphatic hydroxyl groups excluding tert-OH is 1. The summed E-state index contributed by atoms with van der Waals surface area (Å²) in [5.41, 5.74) is 0.921. The Hall–Kier alpha value is -0.350. The van der Waals surface area contributed by atoms with E-state index in [1.54, 1.807) is 10.9 Å². The van der Waals surface area contributed by atoms with E-state index in [1.165, 1.54) is 19.3 Å². The molecule has 0 saturated heterocycles. The Labute approximate surface area is 111 Å². The summed E-state index contributed by atoms with van der Waals surface area (Å²) < 4.78 is 2.70. The van der Waals surface area contributed by atoms with Gasteiger partial charge in [-0.1, -0.05) is 26.2 Å². The SMILES string of the molecule is CCC1CCC(C(O)c2c(Br)cnn2C)CC1. The van der Waals surface area contributed by atoms with Crippen molar-refractivity contribution >= 4 is 15.9 Å². The van der Waals surface area contributed by atoms with Gasteiger partial charge in [-0.3, -0.25) is 4.68 Å². The molecule has 0 bridgehead atoms. The Kier molecular flexibility index (Phi) is 4.26. The second-order valence-corrected chi connectivity index (χ2v) is 5.99. The summed E-state index contributed by atoms with van der Waals surface area (Å²) in [7, 11) is 1.89. The molecule has 1 heterocycles. The first-order chi connectivity index (χ1) is 8.13. The molecule has 1 fully saturated rings. The molecule has 2 rings (SSSR count). The van der Waals surface area contributed by atoms with Crippen LogP contribution in [0.25, 0.3) is 0 Å². The van der Waals surface area contributed by atoms with E-state index in [2.05, 4.69) is 28.0 Å². The van der Waals surface area contributed by atoms with Gasteiger partial charge in [0, 0.05) is 7.05 Å². The molecule has 1 unspecified atom stereocenters. The minimum absolute atomic E-state index is 0.380. The first-order valence-corrected chi connectivity index (χ1v) is 7.28. The molecule has 0 amide bonds. The third kappa shape index (κ3) is 2.74. The summed E-state index contributed by atoms with van der Waals surface area (Å²) in [6.45, 7) is 2.26. The molecule has 4 heteroatoms. The van der Waals surface area contributed by atoms with E-state index in [4.69, 9.17) is 0 Å². The zero-order valence-electron chi connectivity index (χ0n) is 10.6. The van der Waals surface area contributed by atoms with Crippen LogP contribution < -0.4 is 0 Å². The Balaban J connectivity index is 2.04. The highest BCUT2D eigenvalue weighted by Gasteiger charge is 2.29. The maximum atomic E-state index is 10.5. The number of hydrogen-bond acceptors (Lipinski definition) is 2. The molecule has 1 saturated carbocycles. The summed E-state index contributed by atoms with van der Waals surface area (Å²) in [6, 6.07) is 0. The summed E-state index contributed by atoms with van der Waals surface area (Å²) in [5.74, 6) is 1.26. The van der Waals surface area contributed by atoms with Crippen LogP contribution in [-0.4, -0.2) is 14.9 Å². The van der Waals surface area contributed by atoms with E-state index in [1.807, 2.05) is 7.05 Å². The van der Waals surface area contributed by atoms with Gasteiger partial charge in [-0.05, 0) is 40.6 Å². The van der Waals surface area contributed by atoms with Crippen LogP contribution in [-0.2, 0) is 7.05 Å². The number of hydrogen-bond donors (Lipinski definition) is 1. The van der Waals surface area contributed by atoms with E-state index in [-0.39, 0.29) is 6.10 Å². The highest BCUT2D eigenvalue weighted by atomic mass is 79.9. The van der Waals surface area contributed by atoms with Crippen molar-refractivity contribution in [3.05, 3.63) is 16.4 Å². The second-order valence-electron chi connectivity index (χ2n) is 5.14. The lowest BCUT2D eigenvalue weighted by Gasteiger charge is -2.31. The van der Waals surface area contributed by atoms with Gasteiger partial charge in [0.25, 0.3) is 0 Å². The molecule has 3 nitrogen and oxygen atoms in total. The van der Waals surface area contributed by atoms with Gasteiger partial charge in [0.1, 0.15) is 0 Å². The van der Waals surface area contributed by atoms with Crippen molar-refractivity contribution in [2.45, 2.75) is 45.1 Å². The lowest BCUT2D eigenvalue weighted by molar-refractivity contribution is 0.0659. The third-order valence-electron chi connectivity index (χ3n) is 4.13. The minimum atomic E-state index is -0.380. The van der Waals surface area contributed by atoms with Crippen LogP contribution >= 0.6 is 15.9 Å². The standard InChI is InChI=1S/C13H21BrN2O/c1-3-9-4-6-10(7-5-9)13(17)12-11(14)8-15-16(12)2/h8-10,13,17H,3-7H2,1-2H3. The van der Waals surface area contributed by atoms with E-state index >= 15 is 0 Å². The average molecular weight is 301 g/mol. The summed E-state index contributed by atoms with van der Waals surface area (Å²) >= 11 is 3.47. The maximum Gasteiger partial charge on any atom is 0.0996 e. The topological polar surface area (TPSA) is 38.1 Å². The molecule has 17 heavy (non-hydrogen) atoms. The Morgan fingerprint density at radius 1 is 1.47 bits per heavy atom. The molecule has 1 aromatic rings. The second kappa shape index (κ2) is 5.53. The Morgan fingerprint density at radius 3 is 2.59 bits per heavy atom. The number of halogens is 1. The van der Waals surface area contributed by atoms with Gasteiger partial charge in [0.05, 0.1) is 22.5 Å². The number of nitrogens with zero attached hydrogens (tertiary/aromatic N) is 2. The Morgan fingerprint density at radius 2 is 2.12 bits per heavy atom. The third-order valence-corrected chi connectivity index (χ3v) is 4.74. The maximum absolute atomic E-state index is 10.5. The molecule has 1 atom stereocenters. The quantitative estimate of drug-likeness (QED) is 0.929. The minimum Gasteiger partial charge on any atom is -0.386 e. The Bertz CT molecular complexity index is 350. The fraction of sp³-hybridized carbons (Fsp3) is 0.769. The largest absolute Gasteiger partial charge is 0.386 e. The molecule has 0 radical (unpaired) electrons. The molecule has 0 spiro atoms. The van der Waals surface area contributed by atoms with Crippen LogP contribution in [0.3, 0.4) is 0 Å². The molecule has 0 aromatic carbocycles. The predicted molar refractivity (Wildman–Crippen MR) is 71.6 cm³/mol. The smallest absolute Gasteiger partial charge is 0.0996 e. The van der Waals surface area contributed by atoms with Crippen LogP contribution in [0.2, 0.25) is 0 Å². The van der Waals surface area contributed by atoms with Crippen LogP contribution in [0, 0.1) is 11.8 Å². The molecule has 96 valence electrons. The van der Waals surface area contributed by atoms with Crippen molar-refractivity contribution in [3.63, 3.8) is 0 Å². The molecule has 1 aromatic heterocycles. The van der Waals surface area contributed by atoms with Crippen molar-refractivity contribution < 1.29 is 5.11 Å². The van der Waals surface area contributed by atoms with Gasteiger partial charge in [-0.15, -0.1) is 0 Å². The molecule has 1 N–H and O–H groups in total. The normalized spacial score (nSPS) is 27.1. The molecule has 1 aliphatic carbocycles. The van der Waals surface area contributed by atoms with E-state index < -0.39 is 0 Å². The van der Waals surface area contributed by atoms with Crippen LogP contribution in [0.4, 0.5) is 0 Å². The number of aliphatic hydroxyl groups is 1. The van der Waals surface area contributed by atoms with Crippen molar-refractivity contribution in [2.75, 3.05) is 0 Å². The number of rotatable bonds is 3. The van der Waals surface area contributed by atoms with Gasteiger partial charge in [0.2, 0.25) is 0 Å². The zero-order chi connectivity index (χ0) is 12.4. The van der Waals surface area contributed by atoms with Gasteiger partial charge in [-0.2, -0.15) is 5.10 Å². The first kappa shape index (κ1) is 13.1. The fourth-order valence-corrected chi connectivity index (χ4v) is 3.47. The van der Waals surface area contributed by atoms with Crippen LogP contribution in [0.15, 0.2) is 10.7 Å². The molecular weight excluding hydrogens is 280 g/mol. The van der Waals surface area contributed by atoms with E-state index in [0.29, 0.717) is 5.92 Å². The van der Waals surface area contributed by atoms with Crippen molar-refractivity contribution in [1.29, 1.82) is 0 Å². The van der Waals surface area contributed by atoms with Gasteiger partial charge < -0.3 is 5.11 Å². The number of aromatic nitrogens is 2. The summed E-state index contributed by atoms with van der Waals surface area (Å²) in [4.78, 5) is 0. The monoisotopic (exact) mass is 300 g/mol. The van der Waals surface area contributed by atoms with Gasteiger partial charge in [0.15, 0.2) is 0 Å². The van der Waals surface area contributed by atoms with Crippen LogP contribution in [0.1, 0.15) is 50.8 Å². The molecular formula is C13H21BrN2O. The van der Waals surface area contributed by atoms with E-state index in [0.717, 1.165) is 28.9 Å². The first-order valence-electron chi connectivity index (χ1n) is 6.49. The van der Waals surface area contributed by atoms with Crippen LogP contribution in [0.5, 0.6) is 0 Å². The lowest BCUT2D eigenvalue weighted by atomic mass is 9.78. The molecule has 1 aliphatic rings. The van der Waals surface area contributed by atoms with Gasteiger partial charge in [-0.25, -0.2) is 0 Å². The predicted octanol–water partition coefficient (Wildman–Crippen LogP) is 3.43. The summed E-state index contributed by atoms with van der Waals surface area (Å²) in [5, 5.41) is 14.6. The number of aryl methyl sites for hydroxylation is 1. The van der Waals surface area contributed by atoms with E-state index in [9.17, 15) is 5.11 Å². The van der Waals surface area contributed by atoms with Crippen molar-refractivity contribution in [3.8, 4) is 0 Å². The highest BCUT2D eigenvalue weighted by molar-refractivity contribution is 9.10. The average Bonchev–Trinajstić information content (AvgIpc) is 2.68. The van der Waals surface area contributed by atoms with Crippen molar-refractivity contribution in [2.24, 2.45) is 18.9 Å². The molecule has 0 aliphatic heterocycles.